The van der Waals surface area contributed by atoms with Gasteiger partial charge in [-0.1, -0.05) is 17.7 Å². The lowest BCUT2D eigenvalue weighted by Crippen LogP contribution is -2.18. The minimum absolute atomic E-state index is 0.0455. The fourth-order valence-corrected chi connectivity index (χ4v) is 2.38. The molecule has 3 nitrogen and oxygen atoms in total. The predicted octanol–water partition coefficient (Wildman–Crippen LogP) is 3.72. The Morgan fingerprint density at radius 2 is 2.10 bits per heavy atom. The Morgan fingerprint density at radius 1 is 1.38 bits per heavy atom. The van der Waals surface area contributed by atoms with Gasteiger partial charge in [0, 0.05) is 22.6 Å². The molecular formula is C14H16ClF3N2O. The van der Waals surface area contributed by atoms with Crippen LogP contribution < -0.4 is 5.73 Å². The van der Waals surface area contributed by atoms with Crippen molar-refractivity contribution in [2.45, 2.75) is 32.3 Å². The van der Waals surface area contributed by atoms with Crippen LogP contribution in [0.3, 0.4) is 0 Å². The number of hydrogen-bond donors (Lipinski definition) is 1. The average Bonchev–Trinajstić information content (AvgIpc) is 2.65. The van der Waals surface area contributed by atoms with E-state index in [1.165, 1.54) is 0 Å². The molecule has 2 rings (SSSR count). The second-order valence-corrected chi connectivity index (χ2v) is 5.50. The van der Waals surface area contributed by atoms with Gasteiger partial charge < -0.3 is 15.0 Å². The van der Waals surface area contributed by atoms with Crippen LogP contribution in [0.4, 0.5) is 13.2 Å². The van der Waals surface area contributed by atoms with Crippen molar-refractivity contribution < 1.29 is 17.9 Å². The lowest BCUT2D eigenvalue weighted by Gasteiger charge is -2.09. The first-order valence-corrected chi connectivity index (χ1v) is 6.81. The van der Waals surface area contributed by atoms with Gasteiger partial charge in [0.15, 0.2) is 0 Å². The fraction of sp³-hybridized carbons (Fsp3) is 0.429. The number of halogens is 4. The molecule has 0 amide bonds. The average molecular weight is 321 g/mol. The van der Waals surface area contributed by atoms with Crippen molar-refractivity contribution in [1.82, 2.24) is 4.57 Å². The lowest BCUT2D eigenvalue weighted by molar-refractivity contribution is -0.181. The zero-order chi connectivity index (χ0) is 15.6. The summed E-state index contributed by atoms with van der Waals surface area (Å²) in [5, 5.41) is 1.44. The first kappa shape index (κ1) is 16.1. The standard InChI is InChI=1S/C14H16ClF3N2O/c1-9(19)4-10-6-20(8-21-7-14(16,17)18)13-5-11(15)2-3-12(10)13/h2-3,5-6,9H,4,7-8,19H2,1H3. The van der Waals surface area contributed by atoms with E-state index in [4.69, 9.17) is 22.1 Å². The fourth-order valence-electron chi connectivity index (χ4n) is 2.22. The molecule has 21 heavy (non-hydrogen) atoms. The maximum absolute atomic E-state index is 12.1. The van der Waals surface area contributed by atoms with Crippen LogP contribution in [0.1, 0.15) is 12.5 Å². The summed E-state index contributed by atoms with van der Waals surface area (Å²) >= 11 is 5.95. The molecule has 1 atom stereocenters. The van der Waals surface area contributed by atoms with Gasteiger partial charge in [0.2, 0.25) is 0 Å². The molecule has 0 aliphatic heterocycles. The van der Waals surface area contributed by atoms with Crippen molar-refractivity contribution in [3.8, 4) is 0 Å². The number of aromatic nitrogens is 1. The van der Waals surface area contributed by atoms with E-state index in [0.29, 0.717) is 11.4 Å². The van der Waals surface area contributed by atoms with E-state index in [0.717, 1.165) is 16.5 Å². The smallest absolute Gasteiger partial charge is 0.351 e. The van der Waals surface area contributed by atoms with Crippen molar-refractivity contribution in [2.24, 2.45) is 5.73 Å². The summed E-state index contributed by atoms with van der Waals surface area (Å²) in [4.78, 5) is 0. The van der Waals surface area contributed by atoms with E-state index >= 15 is 0 Å². The summed E-state index contributed by atoms with van der Waals surface area (Å²) in [6.45, 7) is 0.407. The predicted molar refractivity (Wildman–Crippen MR) is 76.3 cm³/mol. The van der Waals surface area contributed by atoms with E-state index in [1.807, 2.05) is 13.0 Å². The highest BCUT2D eigenvalue weighted by Gasteiger charge is 2.27. The van der Waals surface area contributed by atoms with Gasteiger partial charge in [0.1, 0.15) is 13.3 Å². The molecule has 1 aromatic heterocycles. The van der Waals surface area contributed by atoms with Crippen molar-refractivity contribution in [1.29, 1.82) is 0 Å². The molecule has 7 heteroatoms. The molecule has 1 unspecified atom stereocenters. The summed E-state index contributed by atoms with van der Waals surface area (Å²) in [6, 6.07) is 5.25. The monoisotopic (exact) mass is 320 g/mol. The molecule has 0 saturated carbocycles. The minimum Gasteiger partial charge on any atom is -0.351 e. The van der Waals surface area contributed by atoms with Gasteiger partial charge in [0.05, 0.1) is 5.52 Å². The highest BCUT2D eigenvalue weighted by atomic mass is 35.5. The van der Waals surface area contributed by atoms with Gasteiger partial charge in [-0.2, -0.15) is 13.2 Å². The van der Waals surface area contributed by atoms with Crippen LogP contribution in [0.2, 0.25) is 5.02 Å². The van der Waals surface area contributed by atoms with E-state index in [1.54, 1.807) is 22.9 Å². The first-order chi connectivity index (χ1) is 9.76. The minimum atomic E-state index is -4.34. The molecule has 0 aliphatic carbocycles. The number of nitrogens with two attached hydrogens (primary N) is 1. The summed E-state index contributed by atoms with van der Waals surface area (Å²) in [7, 11) is 0. The summed E-state index contributed by atoms with van der Waals surface area (Å²) in [5.41, 5.74) is 7.50. The summed E-state index contributed by atoms with van der Waals surface area (Å²) < 4.78 is 42.8. The number of rotatable bonds is 5. The molecule has 0 radical (unpaired) electrons. The van der Waals surface area contributed by atoms with Crippen LogP contribution in [-0.4, -0.2) is 23.4 Å². The number of alkyl halides is 3. The summed E-state index contributed by atoms with van der Waals surface area (Å²) in [6.07, 6.45) is -1.94. The van der Waals surface area contributed by atoms with E-state index in [-0.39, 0.29) is 12.8 Å². The molecule has 0 saturated heterocycles. The molecule has 2 aromatic rings. The molecule has 0 fully saturated rings. The maximum atomic E-state index is 12.1. The highest BCUT2D eigenvalue weighted by molar-refractivity contribution is 6.31. The number of ether oxygens (including phenoxy) is 1. The van der Waals surface area contributed by atoms with Gasteiger partial charge in [0.25, 0.3) is 0 Å². The zero-order valence-corrected chi connectivity index (χ0v) is 12.2. The van der Waals surface area contributed by atoms with E-state index in [9.17, 15) is 13.2 Å². The van der Waals surface area contributed by atoms with Gasteiger partial charge in [-0.15, -0.1) is 0 Å². The molecular weight excluding hydrogens is 305 g/mol. The molecule has 0 bridgehead atoms. The van der Waals surface area contributed by atoms with Crippen LogP contribution in [0.25, 0.3) is 10.9 Å². The van der Waals surface area contributed by atoms with Crippen molar-refractivity contribution >= 4 is 22.5 Å². The Bertz CT molecular complexity index is 622. The summed E-state index contributed by atoms with van der Waals surface area (Å²) in [5.74, 6) is 0. The van der Waals surface area contributed by atoms with Gasteiger partial charge >= 0.3 is 6.18 Å². The number of benzene rings is 1. The molecule has 116 valence electrons. The molecule has 2 N–H and O–H groups in total. The van der Waals surface area contributed by atoms with E-state index < -0.39 is 12.8 Å². The number of fused-ring (bicyclic) bond motifs is 1. The highest BCUT2D eigenvalue weighted by Crippen LogP contribution is 2.26. The molecule has 0 spiro atoms. The second kappa shape index (κ2) is 6.25. The quantitative estimate of drug-likeness (QED) is 0.912. The Balaban J connectivity index is 2.27. The first-order valence-electron chi connectivity index (χ1n) is 6.43. The Kier molecular flexibility index (Phi) is 4.81. The SMILES string of the molecule is CC(N)Cc1cn(COCC(F)(F)F)c2cc(Cl)ccc12. The third-order valence-electron chi connectivity index (χ3n) is 2.96. The second-order valence-electron chi connectivity index (χ2n) is 5.06. The largest absolute Gasteiger partial charge is 0.411 e. The van der Waals surface area contributed by atoms with Gasteiger partial charge in [-0.3, -0.25) is 0 Å². The van der Waals surface area contributed by atoms with Crippen LogP contribution >= 0.6 is 11.6 Å². The van der Waals surface area contributed by atoms with Gasteiger partial charge in [-0.05, 0) is 31.0 Å². The lowest BCUT2D eigenvalue weighted by atomic mass is 10.1. The molecule has 1 aromatic carbocycles. The molecule has 0 aliphatic rings. The Labute approximate surface area is 125 Å². The van der Waals surface area contributed by atoms with Crippen LogP contribution in [0.15, 0.2) is 24.4 Å². The normalized spacial score (nSPS) is 13.8. The van der Waals surface area contributed by atoms with Crippen LogP contribution in [-0.2, 0) is 17.9 Å². The Hall–Kier alpha value is -1.24. The van der Waals surface area contributed by atoms with Gasteiger partial charge in [-0.25, -0.2) is 0 Å². The topological polar surface area (TPSA) is 40.2 Å². The van der Waals surface area contributed by atoms with Crippen molar-refractivity contribution in [2.75, 3.05) is 6.61 Å². The maximum Gasteiger partial charge on any atom is 0.411 e. The van der Waals surface area contributed by atoms with Crippen molar-refractivity contribution in [3.05, 3.63) is 35.0 Å². The number of hydrogen-bond acceptors (Lipinski definition) is 2. The van der Waals surface area contributed by atoms with Crippen molar-refractivity contribution in [3.63, 3.8) is 0 Å². The number of nitrogens with zero attached hydrogens (tertiary/aromatic N) is 1. The molecule has 1 heterocycles. The van der Waals surface area contributed by atoms with Crippen LogP contribution in [0, 0.1) is 0 Å². The van der Waals surface area contributed by atoms with E-state index in [2.05, 4.69) is 0 Å². The van der Waals surface area contributed by atoms with Crippen LogP contribution in [0.5, 0.6) is 0 Å². The zero-order valence-electron chi connectivity index (χ0n) is 11.5. The third-order valence-corrected chi connectivity index (χ3v) is 3.20. The Morgan fingerprint density at radius 3 is 2.71 bits per heavy atom. The third kappa shape index (κ3) is 4.36.